The van der Waals surface area contributed by atoms with Gasteiger partial charge in [0.2, 0.25) is 0 Å². The van der Waals surface area contributed by atoms with Crippen LogP contribution in [0.15, 0.2) is 12.5 Å². The van der Waals surface area contributed by atoms with Gasteiger partial charge in [-0.2, -0.15) is 0 Å². The first-order chi connectivity index (χ1) is 8.02. The number of hydrogen-bond donors (Lipinski definition) is 1. The van der Waals surface area contributed by atoms with Gasteiger partial charge in [-0.3, -0.25) is 0 Å². The number of halogens is 1. The highest BCUT2D eigenvalue weighted by Gasteiger charge is 2.34. The first-order valence-electron chi connectivity index (χ1n) is 5.51. The molecule has 1 saturated heterocycles. The summed E-state index contributed by atoms with van der Waals surface area (Å²) in [5.74, 6) is 0.691. The second kappa shape index (κ2) is 4.76. The molecule has 1 N–H and O–H groups in total. The zero-order valence-corrected chi connectivity index (χ0v) is 10.7. The van der Waals surface area contributed by atoms with Crippen LogP contribution < -0.4 is 4.90 Å². The standard InChI is InChI=1S/C11H16ClN3O2/c1-11(2)6-15(4-8(5-16)17-11)10-9(12)3-13-7-14-10/h3,7-8,16H,4-6H2,1-2H3. The first-order valence-corrected chi connectivity index (χ1v) is 5.89. The molecule has 1 aliphatic rings. The normalized spacial score (nSPS) is 23.8. The molecule has 17 heavy (non-hydrogen) atoms. The third-order valence-corrected chi connectivity index (χ3v) is 2.90. The molecule has 0 bridgehead atoms. The lowest BCUT2D eigenvalue weighted by molar-refractivity contribution is -0.101. The van der Waals surface area contributed by atoms with Gasteiger partial charge in [-0.05, 0) is 13.8 Å². The number of ether oxygens (including phenoxy) is 1. The zero-order valence-electron chi connectivity index (χ0n) is 9.93. The summed E-state index contributed by atoms with van der Waals surface area (Å²) >= 11 is 6.07. The van der Waals surface area contributed by atoms with E-state index in [1.54, 1.807) is 6.20 Å². The van der Waals surface area contributed by atoms with Gasteiger partial charge in [-0.1, -0.05) is 11.6 Å². The van der Waals surface area contributed by atoms with Crippen LogP contribution in [0.5, 0.6) is 0 Å². The third kappa shape index (κ3) is 2.86. The van der Waals surface area contributed by atoms with Crippen LogP contribution in [0.3, 0.4) is 0 Å². The molecule has 0 aliphatic carbocycles. The smallest absolute Gasteiger partial charge is 0.151 e. The lowest BCUT2D eigenvalue weighted by Crippen LogP contribution is -2.54. The van der Waals surface area contributed by atoms with Crippen LogP contribution in [0.25, 0.3) is 0 Å². The van der Waals surface area contributed by atoms with Gasteiger partial charge in [0.1, 0.15) is 11.3 Å². The van der Waals surface area contributed by atoms with Crippen LogP contribution in [-0.2, 0) is 4.74 Å². The Morgan fingerprint density at radius 1 is 1.65 bits per heavy atom. The molecular formula is C11H16ClN3O2. The second-order valence-electron chi connectivity index (χ2n) is 4.76. The average molecular weight is 258 g/mol. The van der Waals surface area contributed by atoms with Crippen molar-refractivity contribution in [2.45, 2.75) is 25.6 Å². The summed E-state index contributed by atoms with van der Waals surface area (Å²) in [6.07, 6.45) is 2.82. The van der Waals surface area contributed by atoms with Crippen LogP contribution >= 0.6 is 11.6 Å². The maximum Gasteiger partial charge on any atom is 0.151 e. The van der Waals surface area contributed by atoms with Crippen molar-refractivity contribution in [3.63, 3.8) is 0 Å². The van der Waals surface area contributed by atoms with Gasteiger partial charge >= 0.3 is 0 Å². The van der Waals surface area contributed by atoms with Gasteiger partial charge in [-0.15, -0.1) is 0 Å². The zero-order chi connectivity index (χ0) is 12.5. The molecule has 1 aromatic heterocycles. The Labute approximate surface area is 105 Å². The lowest BCUT2D eigenvalue weighted by atomic mass is 10.1. The maximum absolute atomic E-state index is 9.24. The van der Waals surface area contributed by atoms with Crippen LogP contribution in [0.2, 0.25) is 5.02 Å². The molecule has 5 nitrogen and oxygen atoms in total. The van der Waals surface area contributed by atoms with Gasteiger partial charge < -0.3 is 14.7 Å². The molecule has 0 spiro atoms. The van der Waals surface area contributed by atoms with E-state index in [9.17, 15) is 5.11 Å². The van der Waals surface area contributed by atoms with Crippen LogP contribution in [-0.4, -0.2) is 46.5 Å². The molecule has 2 heterocycles. The van der Waals surface area contributed by atoms with Crippen molar-refractivity contribution in [1.82, 2.24) is 9.97 Å². The van der Waals surface area contributed by atoms with E-state index in [0.717, 1.165) is 0 Å². The van der Waals surface area contributed by atoms with Crippen molar-refractivity contribution < 1.29 is 9.84 Å². The van der Waals surface area contributed by atoms with Gasteiger partial charge in [0, 0.05) is 13.1 Å². The van der Waals surface area contributed by atoms with E-state index in [2.05, 4.69) is 9.97 Å². The summed E-state index contributed by atoms with van der Waals surface area (Å²) in [4.78, 5) is 10.1. The minimum Gasteiger partial charge on any atom is -0.394 e. The predicted molar refractivity (Wildman–Crippen MR) is 65.3 cm³/mol. The Kier molecular flexibility index (Phi) is 3.51. The molecule has 0 amide bonds. The fourth-order valence-electron chi connectivity index (χ4n) is 2.09. The molecule has 2 rings (SSSR count). The number of aliphatic hydroxyl groups is 1. The molecule has 6 heteroatoms. The maximum atomic E-state index is 9.24. The first kappa shape index (κ1) is 12.5. The van der Waals surface area contributed by atoms with Crippen LogP contribution in [0.1, 0.15) is 13.8 Å². The summed E-state index contributed by atoms with van der Waals surface area (Å²) in [7, 11) is 0. The SMILES string of the molecule is CC1(C)CN(c2ncncc2Cl)CC(CO)O1. The van der Waals surface area contributed by atoms with E-state index in [0.29, 0.717) is 23.9 Å². The highest BCUT2D eigenvalue weighted by molar-refractivity contribution is 6.32. The highest BCUT2D eigenvalue weighted by atomic mass is 35.5. The van der Waals surface area contributed by atoms with Crippen LogP contribution in [0.4, 0.5) is 5.82 Å². The number of hydrogen-bond acceptors (Lipinski definition) is 5. The topological polar surface area (TPSA) is 58.5 Å². The fraction of sp³-hybridized carbons (Fsp3) is 0.636. The van der Waals surface area contributed by atoms with E-state index in [-0.39, 0.29) is 18.3 Å². The molecule has 1 unspecified atom stereocenters. The largest absolute Gasteiger partial charge is 0.394 e. The summed E-state index contributed by atoms with van der Waals surface area (Å²) in [5.41, 5.74) is -0.333. The average Bonchev–Trinajstić information content (AvgIpc) is 2.27. The summed E-state index contributed by atoms with van der Waals surface area (Å²) in [6, 6.07) is 0. The van der Waals surface area contributed by atoms with Crippen molar-refractivity contribution in [2.75, 3.05) is 24.6 Å². The Balaban J connectivity index is 2.24. The Hall–Kier alpha value is -0.910. The molecule has 1 atom stereocenters. The summed E-state index contributed by atoms with van der Waals surface area (Å²) in [6.45, 7) is 5.22. The minimum absolute atomic E-state index is 0.0113. The highest BCUT2D eigenvalue weighted by Crippen LogP contribution is 2.28. The molecule has 0 saturated carbocycles. The van der Waals surface area contributed by atoms with E-state index in [4.69, 9.17) is 16.3 Å². The van der Waals surface area contributed by atoms with E-state index >= 15 is 0 Å². The molecule has 1 aliphatic heterocycles. The molecular weight excluding hydrogens is 242 g/mol. The van der Waals surface area contributed by atoms with Crippen molar-refractivity contribution >= 4 is 17.4 Å². The molecule has 0 aromatic carbocycles. The number of morpholine rings is 1. The van der Waals surface area contributed by atoms with Gasteiger partial charge in [0.15, 0.2) is 5.82 Å². The van der Waals surface area contributed by atoms with Crippen molar-refractivity contribution in [2.24, 2.45) is 0 Å². The fourth-order valence-corrected chi connectivity index (χ4v) is 2.32. The molecule has 1 aromatic rings. The molecule has 94 valence electrons. The Morgan fingerprint density at radius 3 is 3.06 bits per heavy atom. The minimum atomic E-state index is -0.333. The quantitative estimate of drug-likeness (QED) is 0.860. The Morgan fingerprint density at radius 2 is 2.41 bits per heavy atom. The van der Waals surface area contributed by atoms with Crippen molar-refractivity contribution in [1.29, 1.82) is 0 Å². The Bertz CT molecular complexity index is 400. The number of rotatable bonds is 2. The van der Waals surface area contributed by atoms with E-state index < -0.39 is 0 Å². The predicted octanol–water partition coefficient (Wildman–Crippen LogP) is 1.11. The summed E-state index contributed by atoms with van der Waals surface area (Å²) < 4.78 is 5.74. The molecule has 0 radical (unpaired) electrons. The second-order valence-corrected chi connectivity index (χ2v) is 5.16. The number of aromatic nitrogens is 2. The van der Waals surface area contributed by atoms with Gasteiger partial charge in [0.05, 0.1) is 24.5 Å². The third-order valence-electron chi connectivity index (χ3n) is 2.63. The van der Waals surface area contributed by atoms with Crippen molar-refractivity contribution in [3.05, 3.63) is 17.5 Å². The number of nitrogens with zero attached hydrogens (tertiary/aromatic N) is 3. The number of aliphatic hydroxyl groups excluding tert-OH is 1. The molecule has 1 fully saturated rings. The van der Waals surface area contributed by atoms with E-state index in [1.165, 1.54) is 6.33 Å². The summed E-state index contributed by atoms with van der Waals surface area (Å²) in [5, 5.41) is 9.76. The monoisotopic (exact) mass is 257 g/mol. The van der Waals surface area contributed by atoms with Gasteiger partial charge in [0.25, 0.3) is 0 Å². The number of anilines is 1. The van der Waals surface area contributed by atoms with E-state index in [1.807, 2.05) is 18.7 Å². The van der Waals surface area contributed by atoms with Gasteiger partial charge in [-0.25, -0.2) is 9.97 Å². The lowest BCUT2D eigenvalue weighted by Gasteiger charge is -2.42. The van der Waals surface area contributed by atoms with Crippen LogP contribution in [0, 0.1) is 0 Å². The van der Waals surface area contributed by atoms with Crippen molar-refractivity contribution in [3.8, 4) is 0 Å².